The first-order valence-electron chi connectivity index (χ1n) is 7.51. The Labute approximate surface area is 126 Å². The van der Waals surface area contributed by atoms with Gasteiger partial charge < -0.3 is 9.84 Å². The first-order valence-corrected chi connectivity index (χ1v) is 7.51. The van der Waals surface area contributed by atoms with Crippen LogP contribution in [-0.4, -0.2) is 41.8 Å². The molecule has 114 valence electrons. The van der Waals surface area contributed by atoms with Crippen molar-refractivity contribution in [2.75, 3.05) is 19.7 Å². The quantitative estimate of drug-likeness (QED) is 0.818. The van der Waals surface area contributed by atoms with Crippen LogP contribution in [0.25, 0.3) is 6.08 Å². The molecule has 0 aromatic heterocycles. The number of carboxylic acids is 1. The molecule has 1 aromatic carbocycles. The van der Waals surface area contributed by atoms with Crippen LogP contribution in [0.2, 0.25) is 0 Å². The molecule has 1 heterocycles. The van der Waals surface area contributed by atoms with Crippen molar-refractivity contribution in [3.05, 3.63) is 41.5 Å². The highest BCUT2D eigenvalue weighted by atomic mass is 16.5. The highest BCUT2D eigenvalue weighted by molar-refractivity contribution is 5.85. The fourth-order valence-electron chi connectivity index (χ4n) is 2.69. The van der Waals surface area contributed by atoms with Crippen molar-refractivity contribution >= 4 is 12.0 Å². The Hall–Kier alpha value is -1.65. The number of carboxylic acid groups (broad SMARTS) is 1. The summed E-state index contributed by atoms with van der Waals surface area (Å²) >= 11 is 0. The summed E-state index contributed by atoms with van der Waals surface area (Å²) in [6.07, 6.45) is 5.40. The topological polar surface area (TPSA) is 49.8 Å². The number of benzene rings is 1. The van der Waals surface area contributed by atoms with Crippen molar-refractivity contribution in [2.24, 2.45) is 0 Å². The van der Waals surface area contributed by atoms with E-state index in [9.17, 15) is 4.79 Å². The van der Waals surface area contributed by atoms with Crippen molar-refractivity contribution in [1.29, 1.82) is 0 Å². The summed E-state index contributed by atoms with van der Waals surface area (Å²) in [6.45, 7) is 5.86. The van der Waals surface area contributed by atoms with Gasteiger partial charge in [0.25, 0.3) is 0 Å². The highest BCUT2D eigenvalue weighted by Crippen LogP contribution is 2.17. The van der Waals surface area contributed by atoms with E-state index in [1.807, 2.05) is 25.1 Å². The molecule has 0 saturated carbocycles. The minimum Gasteiger partial charge on any atom is -0.478 e. The van der Waals surface area contributed by atoms with E-state index in [1.165, 1.54) is 11.6 Å². The number of rotatable bonds is 6. The summed E-state index contributed by atoms with van der Waals surface area (Å²) in [6, 6.07) is 8.04. The molecular weight excluding hydrogens is 266 g/mol. The molecule has 0 amide bonds. The van der Waals surface area contributed by atoms with E-state index in [0.29, 0.717) is 6.10 Å². The Morgan fingerprint density at radius 2 is 2.19 bits per heavy atom. The normalized spacial score (nSPS) is 17.4. The van der Waals surface area contributed by atoms with Gasteiger partial charge in [-0.15, -0.1) is 0 Å². The Kier molecular flexibility index (Phi) is 5.96. The maximum Gasteiger partial charge on any atom is 0.328 e. The first kappa shape index (κ1) is 15.7. The van der Waals surface area contributed by atoms with Crippen LogP contribution in [0.3, 0.4) is 0 Å². The predicted octanol–water partition coefficient (Wildman–Crippen LogP) is 2.79. The number of ether oxygens (including phenoxy) is 1. The zero-order valence-corrected chi connectivity index (χ0v) is 12.5. The second-order valence-corrected chi connectivity index (χ2v) is 5.35. The second kappa shape index (κ2) is 7.96. The molecule has 4 nitrogen and oxygen atoms in total. The van der Waals surface area contributed by atoms with Crippen LogP contribution in [0.15, 0.2) is 30.3 Å². The van der Waals surface area contributed by atoms with E-state index in [1.54, 1.807) is 6.08 Å². The fraction of sp³-hybridized carbons (Fsp3) is 0.471. The van der Waals surface area contributed by atoms with Gasteiger partial charge >= 0.3 is 5.97 Å². The van der Waals surface area contributed by atoms with Crippen LogP contribution in [0, 0.1) is 0 Å². The number of piperidine rings is 1. The number of carbonyl (C=O) groups is 1. The third-order valence-corrected chi connectivity index (χ3v) is 3.71. The maximum atomic E-state index is 10.6. The van der Waals surface area contributed by atoms with E-state index in [-0.39, 0.29) is 0 Å². The van der Waals surface area contributed by atoms with Gasteiger partial charge in [0, 0.05) is 32.3 Å². The van der Waals surface area contributed by atoms with Gasteiger partial charge in [-0.25, -0.2) is 4.79 Å². The second-order valence-electron chi connectivity index (χ2n) is 5.35. The molecule has 1 aliphatic rings. The average Bonchev–Trinajstić information content (AvgIpc) is 2.48. The molecule has 2 rings (SSSR count). The lowest BCUT2D eigenvalue weighted by Gasteiger charge is -2.31. The van der Waals surface area contributed by atoms with Gasteiger partial charge in [-0.3, -0.25) is 4.90 Å². The Morgan fingerprint density at radius 3 is 2.86 bits per heavy atom. The lowest BCUT2D eigenvalue weighted by molar-refractivity contribution is -0.131. The Morgan fingerprint density at radius 1 is 1.43 bits per heavy atom. The molecule has 0 aliphatic carbocycles. The molecule has 0 spiro atoms. The van der Waals surface area contributed by atoms with Gasteiger partial charge in [0.15, 0.2) is 0 Å². The van der Waals surface area contributed by atoms with Gasteiger partial charge in [0.2, 0.25) is 0 Å². The highest BCUT2D eigenvalue weighted by Gasteiger charge is 2.19. The lowest BCUT2D eigenvalue weighted by Crippen LogP contribution is -2.36. The van der Waals surface area contributed by atoms with Gasteiger partial charge in [0.1, 0.15) is 0 Å². The fourth-order valence-corrected chi connectivity index (χ4v) is 2.69. The summed E-state index contributed by atoms with van der Waals surface area (Å²) in [4.78, 5) is 13.0. The van der Waals surface area contributed by atoms with Gasteiger partial charge in [0.05, 0.1) is 6.10 Å². The van der Waals surface area contributed by atoms with E-state index in [4.69, 9.17) is 9.84 Å². The van der Waals surface area contributed by atoms with E-state index < -0.39 is 5.97 Å². The summed E-state index contributed by atoms with van der Waals surface area (Å²) in [5.74, 6) is -0.918. The van der Waals surface area contributed by atoms with Crippen LogP contribution in [0.4, 0.5) is 0 Å². The van der Waals surface area contributed by atoms with Gasteiger partial charge in [-0.05, 0) is 37.0 Å². The molecule has 1 saturated heterocycles. The molecule has 1 aromatic rings. The monoisotopic (exact) mass is 289 g/mol. The molecule has 1 fully saturated rings. The molecule has 4 heteroatoms. The van der Waals surface area contributed by atoms with Crippen molar-refractivity contribution < 1.29 is 14.6 Å². The van der Waals surface area contributed by atoms with Crippen LogP contribution in [0.5, 0.6) is 0 Å². The number of hydrogen-bond acceptors (Lipinski definition) is 3. The number of aliphatic carboxylic acids is 1. The Bertz CT molecular complexity index is 491. The number of nitrogens with zero attached hydrogens (tertiary/aromatic N) is 1. The van der Waals surface area contributed by atoms with E-state index in [2.05, 4.69) is 11.0 Å². The van der Waals surface area contributed by atoms with E-state index in [0.717, 1.165) is 44.6 Å². The zero-order chi connectivity index (χ0) is 15.1. The zero-order valence-electron chi connectivity index (χ0n) is 12.5. The van der Waals surface area contributed by atoms with Crippen LogP contribution >= 0.6 is 0 Å². The van der Waals surface area contributed by atoms with Crippen molar-refractivity contribution in [1.82, 2.24) is 4.90 Å². The standard InChI is InChI=1S/C17H23NO3/c1-2-21-16-8-10-18(11-9-16)13-15-5-3-4-14(12-15)6-7-17(19)20/h3-7,12,16H,2,8-11,13H2,1H3,(H,19,20). The summed E-state index contributed by atoms with van der Waals surface area (Å²) in [5, 5.41) is 8.67. The first-order chi connectivity index (χ1) is 10.2. The molecule has 1 N–H and O–H groups in total. The predicted molar refractivity (Wildman–Crippen MR) is 83.0 cm³/mol. The molecule has 1 aliphatic heterocycles. The average molecular weight is 289 g/mol. The molecule has 21 heavy (non-hydrogen) atoms. The summed E-state index contributed by atoms with van der Waals surface area (Å²) in [7, 11) is 0. The van der Waals surface area contributed by atoms with Crippen molar-refractivity contribution in [2.45, 2.75) is 32.4 Å². The molecule has 0 bridgehead atoms. The van der Waals surface area contributed by atoms with Crippen molar-refractivity contribution in [3.8, 4) is 0 Å². The maximum absolute atomic E-state index is 10.6. The van der Waals surface area contributed by atoms with Crippen LogP contribution < -0.4 is 0 Å². The van der Waals surface area contributed by atoms with Crippen molar-refractivity contribution in [3.63, 3.8) is 0 Å². The van der Waals surface area contributed by atoms with E-state index >= 15 is 0 Å². The summed E-state index contributed by atoms with van der Waals surface area (Å²) < 4.78 is 5.66. The summed E-state index contributed by atoms with van der Waals surface area (Å²) in [5.41, 5.74) is 2.15. The number of likely N-dealkylation sites (tertiary alicyclic amines) is 1. The Balaban J connectivity index is 1.89. The molecule has 0 unspecified atom stereocenters. The smallest absolute Gasteiger partial charge is 0.328 e. The third-order valence-electron chi connectivity index (χ3n) is 3.71. The minimum atomic E-state index is -0.918. The molecular formula is C17H23NO3. The van der Waals surface area contributed by atoms with Crippen LogP contribution in [0.1, 0.15) is 30.9 Å². The largest absolute Gasteiger partial charge is 0.478 e. The lowest BCUT2D eigenvalue weighted by atomic mass is 10.1. The van der Waals surface area contributed by atoms with Crippen LogP contribution in [-0.2, 0) is 16.1 Å². The van der Waals surface area contributed by atoms with Gasteiger partial charge in [-0.1, -0.05) is 24.3 Å². The SMILES string of the molecule is CCOC1CCN(Cc2cccc(C=CC(=O)O)c2)CC1. The third kappa shape index (κ3) is 5.33. The molecule has 0 atom stereocenters. The van der Waals surface area contributed by atoms with Gasteiger partial charge in [-0.2, -0.15) is 0 Å². The molecule has 0 radical (unpaired) electrons. The minimum absolute atomic E-state index is 0.413. The number of hydrogen-bond donors (Lipinski definition) is 1.